The van der Waals surface area contributed by atoms with Crippen LogP contribution in [0.4, 0.5) is 0 Å². The summed E-state index contributed by atoms with van der Waals surface area (Å²) in [7, 11) is 0. The number of aliphatic hydroxyl groups excluding tert-OH is 1. The highest BCUT2D eigenvalue weighted by molar-refractivity contribution is 7.13. The Morgan fingerprint density at radius 2 is 1.85 bits per heavy atom. The number of allylic oxidation sites excluding steroid dienone is 1. The van der Waals surface area contributed by atoms with E-state index in [0.717, 1.165) is 103 Å². The van der Waals surface area contributed by atoms with Crippen LogP contribution < -0.4 is 15.4 Å². The number of nitrogens with one attached hydrogen (secondary N) is 2. The minimum Gasteiger partial charge on any atom is -0.508 e. The van der Waals surface area contributed by atoms with Gasteiger partial charge in [-0.1, -0.05) is 62.9 Å². The largest absolute Gasteiger partial charge is 0.508 e. The summed E-state index contributed by atoms with van der Waals surface area (Å²) in [6.45, 7) is 22.2. The number of fused-ring (bicyclic) bond motifs is 3. The second-order valence-corrected chi connectivity index (χ2v) is 20.8. The zero-order valence-corrected chi connectivity index (χ0v) is 40.8. The van der Waals surface area contributed by atoms with Crippen molar-refractivity contribution in [2.45, 2.75) is 96.1 Å². The van der Waals surface area contributed by atoms with Gasteiger partial charge in [0.25, 0.3) is 5.88 Å². The monoisotopic (exact) mass is 945 g/mol. The molecule has 3 unspecified atom stereocenters. The third kappa shape index (κ3) is 10.4. The average molecular weight is 946 g/mol. The molecule has 0 radical (unpaired) electrons. The lowest BCUT2D eigenvalue weighted by atomic mass is 9.90. The zero-order chi connectivity index (χ0) is 47.6. The Morgan fingerprint density at radius 3 is 2.62 bits per heavy atom. The molecular formula is C52H67N9O6S. The summed E-state index contributed by atoms with van der Waals surface area (Å²) < 4.78 is 12.2. The van der Waals surface area contributed by atoms with Crippen LogP contribution in [0.25, 0.3) is 10.4 Å². The van der Waals surface area contributed by atoms with Gasteiger partial charge in [0.2, 0.25) is 11.8 Å². The number of para-hydroxylation sites is 1. The zero-order valence-electron chi connectivity index (χ0n) is 40.0. The molecule has 15 nitrogen and oxygen atoms in total. The lowest BCUT2D eigenvalue weighted by Gasteiger charge is -2.47. The maximum absolute atomic E-state index is 14.3. The van der Waals surface area contributed by atoms with Crippen molar-refractivity contribution in [3.63, 3.8) is 0 Å². The number of benzene rings is 2. The fourth-order valence-electron chi connectivity index (χ4n) is 11.0. The topological polar surface area (TPSA) is 172 Å². The number of amidine groups is 1. The highest BCUT2D eigenvalue weighted by Crippen LogP contribution is 2.37. The van der Waals surface area contributed by atoms with E-state index in [2.05, 4.69) is 48.1 Å². The third-order valence-electron chi connectivity index (χ3n) is 14.4. The molecule has 0 saturated carbocycles. The summed E-state index contributed by atoms with van der Waals surface area (Å²) in [5, 5.41) is 32.4. The predicted molar refractivity (Wildman–Crippen MR) is 264 cm³/mol. The number of nitrogens with zero attached hydrogens (tertiary/aromatic N) is 7. The molecule has 3 fully saturated rings. The van der Waals surface area contributed by atoms with Crippen LogP contribution in [0.3, 0.4) is 0 Å². The first kappa shape index (κ1) is 47.5. The van der Waals surface area contributed by atoms with Gasteiger partial charge in [-0.15, -0.1) is 11.3 Å². The second-order valence-electron chi connectivity index (χ2n) is 19.9. The number of hydrogen-bond donors (Lipinski definition) is 4. The van der Waals surface area contributed by atoms with Crippen LogP contribution in [-0.2, 0) is 9.59 Å². The number of likely N-dealkylation sites (tertiary alicyclic amines) is 2. The maximum Gasteiger partial charge on any atom is 0.254 e. The number of aromatic hydroxyl groups is 1. The van der Waals surface area contributed by atoms with Gasteiger partial charge in [0.1, 0.15) is 29.6 Å². The number of aliphatic hydroxyl groups is 1. The molecule has 2 amide bonds. The Kier molecular flexibility index (Phi) is 14.4. The van der Waals surface area contributed by atoms with Gasteiger partial charge in [-0.25, -0.2) is 4.98 Å². The maximum atomic E-state index is 14.3. The number of phenols is 1. The lowest BCUT2D eigenvalue weighted by molar-refractivity contribution is -0.141. The third-order valence-corrected chi connectivity index (χ3v) is 15.4. The van der Waals surface area contributed by atoms with Crippen molar-refractivity contribution in [1.82, 2.24) is 40.4 Å². The van der Waals surface area contributed by atoms with Crippen molar-refractivity contribution in [3.8, 4) is 22.1 Å². The molecule has 9 rings (SSSR count). The number of rotatable bonds is 14. The Labute approximate surface area is 403 Å². The Balaban J connectivity index is 0.768. The molecule has 4 N–H and O–H groups in total. The van der Waals surface area contributed by atoms with Gasteiger partial charge in [0, 0.05) is 76.3 Å². The molecule has 5 aliphatic rings. The molecule has 7 heterocycles. The number of thiazole rings is 1. The molecule has 0 aliphatic carbocycles. The van der Waals surface area contributed by atoms with E-state index < -0.39 is 18.1 Å². The Hall–Kier alpha value is -5.55. The fraction of sp³-hybridized carbons (Fsp3) is 0.519. The molecule has 2 aromatic carbocycles. The van der Waals surface area contributed by atoms with Crippen molar-refractivity contribution >= 4 is 29.0 Å². The molecule has 68 heavy (non-hydrogen) atoms. The van der Waals surface area contributed by atoms with Crippen LogP contribution in [0, 0.1) is 18.8 Å². The van der Waals surface area contributed by atoms with Gasteiger partial charge in [-0.05, 0) is 86.0 Å². The number of piperidine rings is 1. The second kappa shape index (κ2) is 20.6. The number of hydrogen-bond acceptors (Lipinski definition) is 14. The number of carbonyl (C=O) groups is 2. The summed E-state index contributed by atoms with van der Waals surface area (Å²) in [5.41, 5.74) is 7.83. The molecule has 2 aromatic heterocycles. The van der Waals surface area contributed by atoms with E-state index in [1.165, 1.54) is 11.3 Å². The van der Waals surface area contributed by atoms with Gasteiger partial charge in [-0.2, -0.15) is 0 Å². The SMILES string of the molecule is C=C1CNC2=NC[C@H]3CN(CC4CCCN(CC(C)Oc5cc([C@H](C(=O)N6C[C@H](O)C[C@H]6C(=O)N[C@@H](C)c6ccc(-c7scnc7C)cc6)C(C)C)on5)C4)CCN3C2=CC1c1ccccc1O. The number of aromatic nitrogens is 2. The van der Waals surface area contributed by atoms with Crippen LogP contribution in [-0.4, -0.2) is 147 Å². The van der Waals surface area contributed by atoms with Crippen LogP contribution in [0.1, 0.15) is 87.4 Å². The quantitative estimate of drug-likeness (QED) is 0.107. The van der Waals surface area contributed by atoms with Crippen LogP contribution in [0.2, 0.25) is 0 Å². The van der Waals surface area contributed by atoms with Gasteiger partial charge in [0.05, 0.1) is 46.5 Å². The van der Waals surface area contributed by atoms with E-state index in [9.17, 15) is 19.8 Å². The van der Waals surface area contributed by atoms with Crippen molar-refractivity contribution < 1.29 is 29.1 Å². The number of piperazine rings is 1. The van der Waals surface area contributed by atoms with Gasteiger partial charge >= 0.3 is 0 Å². The summed E-state index contributed by atoms with van der Waals surface area (Å²) in [5.74, 6) is 0.883. The minimum absolute atomic E-state index is 0.0596. The molecule has 0 spiro atoms. The number of ether oxygens (including phenoxy) is 1. The summed E-state index contributed by atoms with van der Waals surface area (Å²) >= 11 is 1.60. The smallest absolute Gasteiger partial charge is 0.254 e. The number of β-amino-alcohol motifs (C(OH)–C–C–N with tert-alkyl or cyclic N) is 1. The molecule has 5 aliphatic heterocycles. The fourth-order valence-corrected chi connectivity index (χ4v) is 11.8. The average Bonchev–Trinajstić information content (AvgIpc) is 4.04. The van der Waals surface area contributed by atoms with E-state index in [4.69, 9.17) is 14.3 Å². The number of aryl methyl sites for hydroxylation is 1. The molecular weight excluding hydrogens is 879 g/mol. The molecule has 8 atom stereocenters. The first-order chi connectivity index (χ1) is 32.8. The van der Waals surface area contributed by atoms with Crippen molar-refractivity contribution in [2.75, 3.05) is 65.4 Å². The number of amides is 2. The van der Waals surface area contributed by atoms with Crippen LogP contribution in [0.15, 0.2) is 93.5 Å². The lowest BCUT2D eigenvalue weighted by Crippen LogP contribution is -2.58. The Bertz CT molecular complexity index is 2500. The first-order valence-corrected chi connectivity index (χ1v) is 25.3. The van der Waals surface area contributed by atoms with Gasteiger partial charge in [-0.3, -0.25) is 24.4 Å². The molecule has 4 aromatic rings. The normalized spacial score (nSPS) is 24.8. The molecule has 3 saturated heterocycles. The number of carbonyl (C=O) groups excluding carboxylic acids is 2. The van der Waals surface area contributed by atoms with E-state index in [1.54, 1.807) is 23.5 Å². The van der Waals surface area contributed by atoms with E-state index in [1.807, 2.05) is 82.6 Å². The molecule has 16 heteroatoms. The highest BCUT2D eigenvalue weighted by atomic mass is 32.1. The van der Waals surface area contributed by atoms with E-state index in [-0.39, 0.29) is 60.6 Å². The standard InChI is InChI=1S/C52H67N9O6S/c1-31(2)48(52(65)61-29-40(62)20-44(61)51(64)56-34(5)37-13-15-38(16-14-37)49-35(6)55-30-68-49)46-22-47(57-67-46)66-33(4)25-58-17-9-10-36(26-58)27-59-18-19-60-39(28-59)24-54-50-43(60)21-42(32(3)23-53-50)41-11-7-8-12-45(41)63/h7-8,11-16,21-22,30-31,33-34,36,39-40,42,44,48,62-63H,3,9-10,17-20,23-29H2,1-2,4-6H3,(H,53,54)(H,56,64)/t33?,34-,36?,39-,40+,42?,44-,48+/m0/s1. The Morgan fingerprint density at radius 1 is 1.04 bits per heavy atom. The molecule has 362 valence electrons. The predicted octanol–water partition coefficient (Wildman–Crippen LogP) is 6.10. The van der Waals surface area contributed by atoms with E-state index in [0.29, 0.717) is 24.1 Å². The highest BCUT2D eigenvalue weighted by Gasteiger charge is 2.44. The van der Waals surface area contributed by atoms with Crippen LogP contribution >= 0.6 is 11.3 Å². The number of aliphatic imine (C=N–C) groups is 1. The van der Waals surface area contributed by atoms with Gasteiger partial charge < -0.3 is 39.9 Å². The summed E-state index contributed by atoms with van der Waals surface area (Å²) in [6.07, 6.45) is 3.72. The van der Waals surface area contributed by atoms with Crippen molar-refractivity contribution in [3.05, 3.63) is 107 Å². The van der Waals surface area contributed by atoms with Gasteiger partial charge in [0.15, 0.2) is 5.76 Å². The number of phenolic OH excluding ortho intramolecular Hbond substituents is 1. The van der Waals surface area contributed by atoms with E-state index >= 15 is 0 Å². The van der Waals surface area contributed by atoms with Crippen molar-refractivity contribution in [2.24, 2.45) is 16.8 Å². The first-order valence-electron chi connectivity index (χ1n) is 24.4. The van der Waals surface area contributed by atoms with Crippen molar-refractivity contribution in [1.29, 1.82) is 0 Å². The molecule has 0 bridgehead atoms. The van der Waals surface area contributed by atoms with Crippen LogP contribution in [0.5, 0.6) is 11.6 Å². The summed E-state index contributed by atoms with van der Waals surface area (Å²) in [4.78, 5) is 47.7. The summed E-state index contributed by atoms with van der Waals surface area (Å²) in [6, 6.07) is 16.5. The minimum atomic E-state index is -0.825.